The highest BCUT2D eigenvalue weighted by Crippen LogP contribution is 2.23. The van der Waals surface area contributed by atoms with E-state index in [4.69, 9.17) is 11.0 Å². The molecule has 0 aromatic heterocycles. The largest absolute Gasteiger partial charge is 0.396 e. The minimum absolute atomic E-state index is 0.349. The summed E-state index contributed by atoms with van der Waals surface area (Å²) in [6, 6.07) is 7.99. The van der Waals surface area contributed by atoms with E-state index in [2.05, 4.69) is 37.1 Å². The Morgan fingerprint density at radius 2 is 2.05 bits per heavy atom. The van der Waals surface area contributed by atoms with E-state index in [1.54, 1.807) is 6.07 Å². The Balaban J connectivity index is 2.47. The second kappa shape index (κ2) is 8.44. The van der Waals surface area contributed by atoms with E-state index in [0.717, 1.165) is 38.2 Å². The third-order valence-corrected chi connectivity index (χ3v) is 3.63. The molecule has 0 heterocycles. The van der Waals surface area contributed by atoms with Crippen molar-refractivity contribution < 1.29 is 0 Å². The maximum Gasteiger partial charge on any atom is 0.101 e. The first-order valence-electron chi connectivity index (χ1n) is 7.39. The second-order valence-corrected chi connectivity index (χ2v) is 5.09. The first-order valence-corrected chi connectivity index (χ1v) is 7.39. The number of anilines is 2. The molecule has 1 aromatic carbocycles. The van der Waals surface area contributed by atoms with Crippen LogP contribution in [0.1, 0.15) is 39.2 Å². The maximum atomic E-state index is 8.97. The number of rotatable bonds is 8. The fourth-order valence-corrected chi connectivity index (χ4v) is 2.29. The number of nitrogens with one attached hydrogen (secondary N) is 1. The van der Waals surface area contributed by atoms with Crippen LogP contribution >= 0.6 is 0 Å². The number of para-hydroxylation sites is 1. The zero-order valence-corrected chi connectivity index (χ0v) is 12.8. The Hall–Kier alpha value is -1.73. The van der Waals surface area contributed by atoms with Crippen molar-refractivity contribution in [1.82, 2.24) is 4.90 Å². The van der Waals surface area contributed by atoms with Crippen molar-refractivity contribution in [2.75, 3.05) is 30.7 Å². The van der Waals surface area contributed by atoms with Gasteiger partial charge in [0, 0.05) is 6.04 Å². The summed E-state index contributed by atoms with van der Waals surface area (Å²) in [7, 11) is 0. The molecule has 20 heavy (non-hydrogen) atoms. The molecule has 0 fully saturated rings. The van der Waals surface area contributed by atoms with Gasteiger partial charge in [-0.3, -0.25) is 0 Å². The molecule has 0 radical (unpaired) electrons. The summed E-state index contributed by atoms with van der Waals surface area (Å²) in [6.45, 7) is 9.89. The Kier molecular flexibility index (Phi) is 6.89. The molecule has 4 heteroatoms. The zero-order valence-electron chi connectivity index (χ0n) is 12.8. The molecule has 3 N–H and O–H groups in total. The average Bonchev–Trinajstić information content (AvgIpc) is 2.46. The van der Waals surface area contributed by atoms with Crippen LogP contribution in [0.5, 0.6) is 0 Å². The van der Waals surface area contributed by atoms with Crippen molar-refractivity contribution in [3.63, 3.8) is 0 Å². The van der Waals surface area contributed by atoms with Crippen molar-refractivity contribution in [3.8, 4) is 6.07 Å². The highest BCUT2D eigenvalue weighted by molar-refractivity contribution is 5.73. The Labute approximate surface area is 122 Å². The fraction of sp³-hybridized carbons (Fsp3) is 0.562. The van der Waals surface area contributed by atoms with Gasteiger partial charge in [-0.1, -0.05) is 19.9 Å². The third kappa shape index (κ3) is 4.75. The fourth-order valence-electron chi connectivity index (χ4n) is 2.29. The van der Waals surface area contributed by atoms with Gasteiger partial charge in [-0.2, -0.15) is 5.26 Å². The summed E-state index contributed by atoms with van der Waals surface area (Å²) >= 11 is 0. The number of nitrogens with two attached hydrogens (primary N) is 1. The molecule has 0 aliphatic carbocycles. The van der Waals surface area contributed by atoms with Gasteiger partial charge < -0.3 is 16.0 Å². The smallest absolute Gasteiger partial charge is 0.101 e. The van der Waals surface area contributed by atoms with Gasteiger partial charge in [0.25, 0.3) is 0 Å². The Morgan fingerprint density at radius 1 is 1.35 bits per heavy atom. The SMILES string of the molecule is CCN(CC)CCCC(C)Nc1cccc(C#N)c1N. The molecule has 0 amide bonds. The van der Waals surface area contributed by atoms with Gasteiger partial charge in [-0.15, -0.1) is 0 Å². The molecule has 0 saturated carbocycles. The molecular weight excluding hydrogens is 248 g/mol. The number of nitrogen functional groups attached to an aromatic ring is 1. The molecular formula is C16H26N4. The summed E-state index contributed by atoms with van der Waals surface area (Å²) in [5, 5.41) is 12.4. The average molecular weight is 274 g/mol. The molecule has 1 aromatic rings. The summed E-state index contributed by atoms with van der Waals surface area (Å²) < 4.78 is 0. The lowest BCUT2D eigenvalue weighted by molar-refractivity contribution is 0.295. The summed E-state index contributed by atoms with van der Waals surface area (Å²) in [6.07, 6.45) is 2.25. The van der Waals surface area contributed by atoms with E-state index in [-0.39, 0.29) is 0 Å². The van der Waals surface area contributed by atoms with Crippen molar-refractivity contribution in [1.29, 1.82) is 5.26 Å². The van der Waals surface area contributed by atoms with E-state index >= 15 is 0 Å². The van der Waals surface area contributed by atoms with Gasteiger partial charge in [0.1, 0.15) is 6.07 Å². The Bertz CT molecular complexity index is 446. The van der Waals surface area contributed by atoms with E-state index in [1.807, 2.05) is 12.1 Å². The van der Waals surface area contributed by atoms with E-state index in [9.17, 15) is 0 Å². The molecule has 110 valence electrons. The van der Waals surface area contributed by atoms with Crippen LogP contribution in [0, 0.1) is 11.3 Å². The summed E-state index contributed by atoms with van der Waals surface area (Å²) in [5.74, 6) is 0. The number of hydrogen-bond acceptors (Lipinski definition) is 4. The molecule has 1 atom stereocenters. The van der Waals surface area contributed by atoms with Gasteiger partial charge in [0.05, 0.1) is 16.9 Å². The van der Waals surface area contributed by atoms with Crippen LogP contribution in [0.4, 0.5) is 11.4 Å². The second-order valence-electron chi connectivity index (χ2n) is 5.09. The molecule has 4 nitrogen and oxygen atoms in total. The van der Waals surface area contributed by atoms with Crippen LogP contribution in [0.25, 0.3) is 0 Å². The van der Waals surface area contributed by atoms with Gasteiger partial charge in [-0.25, -0.2) is 0 Å². The highest BCUT2D eigenvalue weighted by atomic mass is 15.1. The van der Waals surface area contributed by atoms with Crippen molar-refractivity contribution in [2.45, 2.75) is 39.7 Å². The van der Waals surface area contributed by atoms with Crippen molar-refractivity contribution in [3.05, 3.63) is 23.8 Å². The van der Waals surface area contributed by atoms with Gasteiger partial charge in [0.2, 0.25) is 0 Å². The molecule has 0 spiro atoms. The molecule has 0 bridgehead atoms. The zero-order chi connectivity index (χ0) is 15.0. The summed E-state index contributed by atoms with van der Waals surface area (Å²) in [4.78, 5) is 2.43. The van der Waals surface area contributed by atoms with Crippen molar-refractivity contribution >= 4 is 11.4 Å². The molecule has 1 unspecified atom stereocenters. The van der Waals surface area contributed by atoms with Gasteiger partial charge in [-0.05, 0) is 51.5 Å². The predicted molar refractivity (Wildman–Crippen MR) is 85.7 cm³/mol. The minimum Gasteiger partial charge on any atom is -0.396 e. The first kappa shape index (κ1) is 16.3. The van der Waals surface area contributed by atoms with Crippen LogP contribution < -0.4 is 11.1 Å². The lowest BCUT2D eigenvalue weighted by atomic mass is 10.1. The maximum absolute atomic E-state index is 8.97. The van der Waals surface area contributed by atoms with E-state index < -0.39 is 0 Å². The molecule has 1 rings (SSSR count). The lowest BCUT2D eigenvalue weighted by Gasteiger charge is -2.21. The summed E-state index contributed by atoms with van der Waals surface area (Å²) in [5.41, 5.74) is 7.91. The number of nitriles is 1. The number of hydrogen-bond donors (Lipinski definition) is 2. The first-order chi connectivity index (χ1) is 9.62. The number of benzene rings is 1. The number of nitrogens with zero attached hydrogens (tertiary/aromatic N) is 2. The van der Waals surface area contributed by atoms with E-state index in [0.29, 0.717) is 17.3 Å². The quantitative estimate of drug-likeness (QED) is 0.715. The van der Waals surface area contributed by atoms with Crippen LogP contribution in [0.15, 0.2) is 18.2 Å². The van der Waals surface area contributed by atoms with Crippen LogP contribution in [-0.2, 0) is 0 Å². The third-order valence-electron chi connectivity index (χ3n) is 3.63. The van der Waals surface area contributed by atoms with Crippen LogP contribution in [0.3, 0.4) is 0 Å². The monoisotopic (exact) mass is 274 g/mol. The van der Waals surface area contributed by atoms with Crippen LogP contribution in [0.2, 0.25) is 0 Å². The Morgan fingerprint density at radius 3 is 2.65 bits per heavy atom. The molecule has 0 aliphatic rings. The van der Waals surface area contributed by atoms with Crippen LogP contribution in [-0.4, -0.2) is 30.6 Å². The minimum atomic E-state index is 0.349. The lowest BCUT2D eigenvalue weighted by Crippen LogP contribution is -2.25. The topological polar surface area (TPSA) is 65.1 Å². The molecule has 0 saturated heterocycles. The highest BCUT2D eigenvalue weighted by Gasteiger charge is 2.08. The predicted octanol–water partition coefficient (Wildman–Crippen LogP) is 3.06. The van der Waals surface area contributed by atoms with Gasteiger partial charge in [0.15, 0.2) is 0 Å². The normalized spacial score (nSPS) is 12.2. The molecule has 0 aliphatic heterocycles. The standard InChI is InChI=1S/C16H26N4/c1-4-20(5-2)11-7-8-13(3)19-15-10-6-9-14(12-17)16(15)18/h6,9-10,13,19H,4-5,7-8,11,18H2,1-3H3. The van der Waals surface area contributed by atoms with Crippen molar-refractivity contribution in [2.24, 2.45) is 0 Å². The van der Waals surface area contributed by atoms with E-state index in [1.165, 1.54) is 0 Å². The van der Waals surface area contributed by atoms with Gasteiger partial charge >= 0.3 is 0 Å².